The number of aliphatic carboxylic acids is 1. The number of rotatable bonds is 5. The van der Waals surface area contributed by atoms with Gasteiger partial charge in [0.15, 0.2) is 0 Å². The van der Waals surface area contributed by atoms with Crippen LogP contribution in [0, 0.1) is 5.82 Å². The highest BCUT2D eigenvalue weighted by Crippen LogP contribution is 2.29. The van der Waals surface area contributed by atoms with Crippen molar-refractivity contribution < 1.29 is 32.6 Å². The van der Waals surface area contributed by atoms with Gasteiger partial charge in [0.25, 0.3) is 0 Å². The second-order valence-corrected chi connectivity index (χ2v) is 7.42. The lowest BCUT2D eigenvalue weighted by Gasteiger charge is -2.24. The van der Waals surface area contributed by atoms with Gasteiger partial charge >= 0.3 is 12.1 Å². The van der Waals surface area contributed by atoms with Gasteiger partial charge in [-0.3, -0.25) is 0 Å². The lowest BCUT2D eigenvalue weighted by atomic mass is 10.0. The summed E-state index contributed by atoms with van der Waals surface area (Å²) in [6.45, 7) is 1.02. The topological polar surface area (TPSA) is 72.8 Å². The van der Waals surface area contributed by atoms with Crippen molar-refractivity contribution in [3.8, 4) is 0 Å². The van der Waals surface area contributed by atoms with Crippen molar-refractivity contribution in [3.05, 3.63) is 65.0 Å². The van der Waals surface area contributed by atoms with E-state index in [1.54, 1.807) is 12.1 Å². The average molecular weight is 428 g/mol. The summed E-state index contributed by atoms with van der Waals surface area (Å²) in [5, 5.41) is 21.2. The molecule has 5 nitrogen and oxygen atoms in total. The number of alkyl halides is 3. The Balaban J connectivity index is 0.000000396. The standard InChI is InChI=1S/C19H23FN2O.C2HF3O2/c1-22(2)18-8-7-17(20)9-16(18)12-21-13-19(23)10-14-5-3-4-6-15(14)11-19;3-2(4,5)1(6)7/h3-9,21,23H,10-13H2,1-2H3;(H,6,7). The minimum Gasteiger partial charge on any atom is -0.475 e. The molecule has 1 aliphatic rings. The fourth-order valence-corrected chi connectivity index (χ4v) is 3.36. The summed E-state index contributed by atoms with van der Waals surface area (Å²) in [6.07, 6.45) is -3.75. The number of benzene rings is 2. The van der Waals surface area contributed by atoms with E-state index in [1.165, 1.54) is 17.2 Å². The largest absolute Gasteiger partial charge is 0.490 e. The molecule has 0 aliphatic heterocycles. The number of carboxylic acid groups (broad SMARTS) is 1. The predicted octanol–water partition coefficient (Wildman–Crippen LogP) is 3.14. The third kappa shape index (κ3) is 6.43. The van der Waals surface area contributed by atoms with Crippen molar-refractivity contribution in [1.29, 1.82) is 0 Å². The highest BCUT2D eigenvalue weighted by atomic mass is 19.4. The van der Waals surface area contributed by atoms with Gasteiger partial charge in [-0.1, -0.05) is 24.3 Å². The van der Waals surface area contributed by atoms with Gasteiger partial charge in [0.2, 0.25) is 0 Å². The Morgan fingerprint density at radius 3 is 2.13 bits per heavy atom. The molecule has 0 bridgehead atoms. The van der Waals surface area contributed by atoms with Crippen molar-refractivity contribution in [1.82, 2.24) is 5.32 Å². The van der Waals surface area contributed by atoms with Crippen LogP contribution in [0.2, 0.25) is 0 Å². The highest BCUT2D eigenvalue weighted by Gasteiger charge is 2.38. The van der Waals surface area contributed by atoms with Gasteiger partial charge in [-0.2, -0.15) is 13.2 Å². The van der Waals surface area contributed by atoms with Crippen LogP contribution < -0.4 is 10.2 Å². The molecule has 0 aromatic heterocycles. The molecule has 3 N–H and O–H groups in total. The zero-order chi connectivity index (χ0) is 22.5. The van der Waals surface area contributed by atoms with E-state index in [0.717, 1.165) is 11.3 Å². The van der Waals surface area contributed by atoms with E-state index in [2.05, 4.69) is 17.4 Å². The summed E-state index contributed by atoms with van der Waals surface area (Å²) in [7, 11) is 3.88. The van der Waals surface area contributed by atoms with Crippen LogP contribution in [0.4, 0.5) is 23.2 Å². The van der Waals surface area contributed by atoms with Crippen LogP contribution in [0.25, 0.3) is 0 Å². The van der Waals surface area contributed by atoms with Crippen LogP contribution in [-0.4, -0.2) is 48.6 Å². The summed E-state index contributed by atoms with van der Waals surface area (Å²) in [6, 6.07) is 13.0. The normalized spacial score (nSPS) is 14.5. The number of aliphatic hydroxyl groups is 1. The monoisotopic (exact) mass is 428 g/mol. The number of nitrogens with zero attached hydrogens (tertiary/aromatic N) is 1. The predicted molar refractivity (Wildman–Crippen MR) is 105 cm³/mol. The Morgan fingerprint density at radius 2 is 1.67 bits per heavy atom. The molecular formula is C21H24F4N2O3. The molecule has 0 saturated heterocycles. The molecule has 1 aliphatic carbocycles. The molecule has 0 spiro atoms. The van der Waals surface area contributed by atoms with E-state index < -0.39 is 17.7 Å². The highest BCUT2D eigenvalue weighted by molar-refractivity contribution is 5.73. The second-order valence-electron chi connectivity index (χ2n) is 7.42. The number of hydrogen-bond donors (Lipinski definition) is 3. The first-order valence-electron chi connectivity index (χ1n) is 9.17. The van der Waals surface area contributed by atoms with E-state index in [4.69, 9.17) is 9.90 Å². The smallest absolute Gasteiger partial charge is 0.475 e. The summed E-state index contributed by atoms with van der Waals surface area (Å²) < 4.78 is 45.2. The van der Waals surface area contributed by atoms with Gasteiger partial charge in [-0.25, -0.2) is 9.18 Å². The molecule has 0 fully saturated rings. The van der Waals surface area contributed by atoms with Crippen molar-refractivity contribution >= 4 is 11.7 Å². The molecule has 30 heavy (non-hydrogen) atoms. The fourth-order valence-electron chi connectivity index (χ4n) is 3.36. The number of carbonyl (C=O) groups is 1. The molecule has 0 heterocycles. The van der Waals surface area contributed by atoms with Crippen LogP contribution >= 0.6 is 0 Å². The van der Waals surface area contributed by atoms with Crippen molar-refractivity contribution in [2.45, 2.75) is 31.2 Å². The van der Waals surface area contributed by atoms with Gasteiger partial charge in [-0.15, -0.1) is 0 Å². The van der Waals surface area contributed by atoms with E-state index >= 15 is 0 Å². The molecule has 0 atom stereocenters. The maximum absolute atomic E-state index is 13.5. The average Bonchev–Trinajstić information content (AvgIpc) is 2.97. The summed E-state index contributed by atoms with van der Waals surface area (Å²) in [4.78, 5) is 10.9. The molecule has 0 amide bonds. The molecule has 0 unspecified atom stereocenters. The number of hydrogen-bond acceptors (Lipinski definition) is 4. The van der Waals surface area contributed by atoms with Crippen LogP contribution in [0.5, 0.6) is 0 Å². The summed E-state index contributed by atoms with van der Waals surface area (Å²) in [5.74, 6) is -2.99. The molecule has 0 radical (unpaired) electrons. The molecule has 0 saturated carbocycles. The van der Waals surface area contributed by atoms with Crippen LogP contribution in [0.1, 0.15) is 16.7 Å². The lowest BCUT2D eigenvalue weighted by Crippen LogP contribution is -2.41. The Hall–Kier alpha value is -2.65. The van der Waals surface area contributed by atoms with Crippen LogP contribution in [0.3, 0.4) is 0 Å². The number of carboxylic acids is 1. The van der Waals surface area contributed by atoms with E-state index in [1.807, 2.05) is 31.1 Å². The van der Waals surface area contributed by atoms with Crippen LogP contribution in [0.15, 0.2) is 42.5 Å². The Morgan fingerprint density at radius 1 is 1.13 bits per heavy atom. The number of fused-ring (bicyclic) bond motifs is 1. The first kappa shape index (κ1) is 23.6. The van der Waals surface area contributed by atoms with Crippen molar-refractivity contribution in [3.63, 3.8) is 0 Å². The summed E-state index contributed by atoms with van der Waals surface area (Å²) in [5.41, 5.74) is 3.57. The maximum atomic E-state index is 13.5. The quantitative estimate of drug-likeness (QED) is 0.639. The zero-order valence-electron chi connectivity index (χ0n) is 16.6. The Labute approximate surface area is 171 Å². The Bertz CT molecular complexity index is 860. The maximum Gasteiger partial charge on any atom is 0.490 e. The van der Waals surface area contributed by atoms with Gasteiger partial charge in [0.05, 0.1) is 5.60 Å². The molecular weight excluding hydrogens is 404 g/mol. The van der Waals surface area contributed by atoms with Gasteiger partial charge in [-0.05, 0) is 34.9 Å². The van der Waals surface area contributed by atoms with Crippen LogP contribution in [-0.2, 0) is 24.2 Å². The zero-order valence-corrected chi connectivity index (χ0v) is 16.6. The molecule has 164 valence electrons. The van der Waals surface area contributed by atoms with Crippen molar-refractivity contribution in [2.24, 2.45) is 0 Å². The van der Waals surface area contributed by atoms with E-state index in [-0.39, 0.29) is 5.82 Å². The number of nitrogens with one attached hydrogen (secondary N) is 1. The van der Waals surface area contributed by atoms with E-state index in [0.29, 0.717) is 25.9 Å². The van der Waals surface area contributed by atoms with Gasteiger partial charge in [0, 0.05) is 45.7 Å². The first-order valence-corrected chi connectivity index (χ1v) is 9.17. The minimum atomic E-state index is -5.08. The molecule has 3 rings (SSSR count). The summed E-state index contributed by atoms with van der Waals surface area (Å²) >= 11 is 0. The Kier molecular flexibility index (Phi) is 7.44. The molecule has 2 aromatic rings. The number of halogens is 4. The lowest BCUT2D eigenvalue weighted by molar-refractivity contribution is -0.192. The molecule has 2 aromatic carbocycles. The SMILES string of the molecule is CN(C)c1ccc(F)cc1CNCC1(O)Cc2ccccc2C1.O=C(O)C(F)(F)F. The van der Waals surface area contributed by atoms with Gasteiger partial charge in [0.1, 0.15) is 5.82 Å². The fraction of sp³-hybridized carbons (Fsp3) is 0.381. The molecule has 9 heteroatoms. The van der Waals surface area contributed by atoms with Crippen molar-refractivity contribution in [2.75, 3.05) is 25.5 Å². The van der Waals surface area contributed by atoms with Gasteiger partial charge < -0.3 is 20.4 Å². The number of anilines is 1. The minimum absolute atomic E-state index is 0.237. The van der Waals surface area contributed by atoms with E-state index in [9.17, 15) is 22.7 Å². The second kappa shape index (κ2) is 9.44. The third-order valence-corrected chi connectivity index (χ3v) is 4.69. The first-order chi connectivity index (χ1) is 13.9. The third-order valence-electron chi connectivity index (χ3n) is 4.69.